The second-order valence-corrected chi connectivity index (χ2v) is 6.06. The van der Waals surface area contributed by atoms with Crippen molar-refractivity contribution in [3.05, 3.63) is 29.6 Å². The van der Waals surface area contributed by atoms with Crippen LogP contribution in [0.15, 0.2) is 18.2 Å². The van der Waals surface area contributed by atoms with E-state index in [-0.39, 0.29) is 30.5 Å². The summed E-state index contributed by atoms with van der Waals surface area (Å²) in [7, 11) is 0. The summed E-state index contributed by atoms with van der Waals surface area (Å²) in [4.78, 5) is 13.2. The molecule has 3 N–H and O–H groups in total. The molecule has 120 valence electrons. The Hall–Kier alpha value is -1.66. The Kier molecular flexibility index (Phi) is 4.31. The lowest BCUT2D eigenvalue weighted by Crippen LogP contribution is -2.27. The van der Waals surface area contributed by atoms with Crippen LogP contribution in [0.2, 0.25) is 0 Å². The average molecular weight is 308 g/mol. The number of nitrogens with two attached hydrogens (primary N) is 1. The maximum Gasteiger partial charge on any atom is 0.414 e. The van der Waals surface area contributed by atoms with E-state index in [0.29, 0.717) is 30.6 Å². The van der Waals surface area contributed by atoms with Crippen LogP contribution in [-0.2, 0) is 4.74 Å². The molecular weight excluding hydrogens is 287 g/mol. The zero-order valence-electron chi connectivity index (χ0n) is 12.4. The molecule has 1 unspecified atom stereocenters. The molecule has 3 rings (SSSR count). The monoisotopic (exact) mass is 308 g/mol. The van der Waals surface area contributed by atoms with Crippen molar-refractivity contribution < 1.29 is 19.0 Å². The van der Waals surface area contributed by atoms with Crippen molar-refractivity contribution in [2.45, 2.75) is 43.8 Å². The topological polar surface area (TPSA) is 75.8 Å². The Balaban J connectivity index is 1.76. The van der Waals surface area contributed by atoms with Gasteiger partial charge >= 0.3 is 6.09 Å². The normalized spacial score (nSPS) is 28.8. The molecule has 1 atom stereocenters. The van der Waals surface area contributed by atoms with E-state index < -0.39 is 6.09 Å². The van der Waals surface area contributed by atoms with Gasteiger partial charge in [0.15, 0.2) is 0 Å². The average Bonchev–Trinajstić information content (AvgIpc) is 2.89. The third-order valence-corrected chi connectivity index (χ3v) is 4.57. The molecule has 22 heavy (non-hydrogen) atoms. The first-order chi connectivity index (χ1) is 10.6. The zero-order chi connectivity index (χ0) is 15.7. The summed E-state index contributed by atoms with van der Waals surface area (Å²) in [6.45, 7) is 0.608. The molecule has 0 bridgehead atoms. The van der Waals surface area contributed by atoms with Gasteiger partial charge in [-0.25, -0.2) is 9.18 Å². The zero-order valence-corrected chi connectivity index (χ0v) is 12.4. The Bertz CT molecular complexity index is 558. The Morgan fingerprint density at radius 1 is 1.32 bits per heavy atom. The lowest BCUT2D eigenvalue weighted by molar-refractivity contribution is 0.122. The molecule has 2 fully saturated rings. The number of anilines is 1. The summed E-state index contributed by atoms with van der Waals surface area (Å²) in [6.07, 6.45) is 1.92. The predicted octanol–water partition coefficient (Wildman–Crippen LogP) is 2.13. The van der Waals surface area contributed by atoms with Crippen molar-refractivity contribution in [1.82, 2.24) is 0 Å². The van der Waals surface area contributed by atoms with Gasteiger partial charge in [-0.3, -0.25) is 4.90 Å². The van der Waals surface area contributed by atoms with Crippen LogP contribution in [0.1, 0.15) is 37.2 Å². The summed E-state index contributed by atoms with van der Waals surface area (Å²) in [5, 5.41) is 9.55. The first-order valence-electron chi connectivity index (χ1n) is 7.74. The molecule has 1 saturated carbocycles. The lowest BCUT2D eigenvalue weighted by atomic mass is 9.82. The molecule has 1 aromatic carbocycles. The summed E-state index contributed by atoms with van der Waals surface area (Å²) in [5.41, 5.74) is 6.66. The van der Waals surface area contributed by atoms with Crippen LogP contribution in [0, 0.1) is 5.82 Å². The second kappa shape index (κ2) is 6.22. The predicted molar refractivity (Wildman–Crippen MR) is 80.3 cm³/mol. The van der Waals surface area contributed by atoms with E-state index in [1.54, 1.807) is 12.1 Å². The van der Waals surface area contributed by atoms with Crippen LogP contribution in [0.3, 0.4) is 0 Å². The number of aliphatic hydroxyl groups is 1. The van der Waals surface area contributed by atoms with Crippen molar-refractivity contribution in [3.8, 4) is 0 Å². The van der Waals surface area contributed by atoms with Crippen LogP contribution in [0.4, 0.5) is 14.9 Å². The minimum absolute atomic E-state index is 0.139. The molecule has 0 radical (unpaired) electrons. The SMILES string of the molecule is NCC1CN(c2ccc(C3CCC(O)CC3)c(F)c2)C(=O)O1. The number of cyclic esters (lactones) is 1. The standard InChI is InChI=1S/C16H21FN2O3/c17-15-7-11(19-9-13(8-18)22-16(19)21)3-6-14(15)10-1-4-12(20)5-2-10/h3,6-7,10,12-13,20H,1-2,4-5,8-9,18H2. The lowest BCUT2D eigenvalue weighted by Gasteiger charge is -2.26. The van der Waals surface area contributed by atoms with E-state index in [9.17, 15) is 14.3 Å². The Labute approximate surface area is 128 Å². The van der Waals surface area contributed by atoms with Crippen molar-refractivity contribution in [3.63, 3.8) is 0 Å². The quantitative estimate of drug-likeness (QED) is 0.897. The third kappa shape index (κ3) is 2.94. The first-order valence-corrected chi connectivity index (χ1v) is 7.74. The van der Waals surface area contributed by atoms with Crippen molar-refractivity contribution in [2.24, 2.45) is 5.73 Å². The molecule has 0 aromatic heterocycles. The Morgan fingerprint density at radius 2 is 2.05 bits per heavy atom. The number of halogens is 1. The number of hydrogen-bond acceptors (Lipinski definition) is 4. The van der Waals surface area contributed by atoms with Gasteiger partial charge in [-0.15, -0.1) is 0 Å². The number of carbonyl (C=O) groups is 1. The molecule has 1 aromatic rings. The fourth-order valence-corrected chi connectivity index (χ4v) is 3.26. The molecule has 1 amide bonds. The summed E-state index contributed by atoms with van der Waals surface area (Å²) < 4.78 is 19.5. The summed E-state index contributed by atoms with van der Waals surface area (Å²) in [5.74, 6) is -0.164. The molecule has 2 aliphatic rings. The van der Waals surface area contributed by atoms with Gasteiger partial charge in [0.2, 0.25) is 0 Å². The molecule has 1 saturated heterocycles. The number of aliphatic hydroxyl groups excluding tert-OH is 1. The van der Waals surface area contributed by atoms with Gasteiger partial charge in [0.05, 0.1) is 18.3 Å². The van der Waals surface area contributed by atoms with Gasteiger partial charge < -0.3 is 15.6 Å². The van der Waals surface area contributed by atoms with Crippen molar-refractivity contribution in [1.29, 1.82) is 0 Å². The van der Waals surface area contributed by atoms with Gasteiger partial charge in [-0.05, 0) is 49.3 Å². The van der Waals surface area contributed by atoms with E-state index in [1.165, 1.54) is 11.0 Å². The van der Waals surface area contributed by atoms with Gasteiger partial charge in [0, 0.05) is 6.54 Å². The van der Waals surface area contributed by atoms with E-state index >= 15 is 0 Å². The highest BCUT2D eigenvalue weighted by molar-refractivity contribution is 5.89. The highest BCUT2D eigenvalue weighted by atomic mass is 19.1. The van der Waals surface area contributed by atoms with E-state index in [2.05, 4.69) is 0 Å². The highest BCUT2D eigenvalue weighted by Crippen LogP contribution is 2.35. The number of hydrogen-bond donors (Lipinski definition) is 2. The molecule has 1 aliphatic carbocycles. The molecule has 6 heteroatoms. The number of benzene rings is 1. The first kappa shape index (κ1) is 15.2. The largest absolute Gasteiger partial charge is 0.443 e. The smallest absolute Gasteiger partial charge is 0.414 e. The van der Waals surface area contributed by atoms with Crippen LogP contribution >= 0.6 is 0 Å². The van der Waals surface area contributed by atoms with Crippen molar-refractivity contribution in [2.75, 3.05) is 18.0 Å². The Morgan fingerprint density at radius 3 is 2.64 bits per heavy atom. The second-order valence-electron chi connectivity index (χ2n) is 6.06. The van der Waals surface area contributed by atoms with Crippen LogP contribution in [0.25, 0.3) is 0 Å². The number of rotatable bonds is 3. The fourth-order valence-electron chi connectivity index (χ4n) is 3.26. The number of amides is 1. The molecule has 1 heterocycles. The fraction of sp³-hybridized carbons (Fsp3) is 0.562. The molecular formula is C16H21FN2O3. The van der Waals surface area contributed by atoms with Crippen LogP contribution < -0.4 is 10.6 Å². The summed E-state index contributed by atoms with van der Waals surface area (Å²) in [6, 6.07) is 4.89. The van der Waals surface area contributed by atoms with Crippen LogP contribution in [-0.4, -0.2) is 36.5 Å². The summed E-state index contributed by atoms with van der Waals surface area (Å²) >= 11 is 0. The minimum Gasteiger partial charge on any atom is -0.443 e. The number of ether oxygens (including phenoxy) is 1. The van der Waals surface area contributed by atoms with Gasteiger partial charge in [0.1, 0.15) is 11.9 Å². The van der Waals surface area contributed by atoms with Crippen LogP contribution in [0.5, 0.6) is 0 Å². The maximum atomic E-state index is 14.4. The highest BCUT2D eigenvalue weighted by Gasteiger charge is 2.32. The maximum absolute atomic E-state index is 14.4. The molecule has 0 spiro atoms. The minimum atomic E-state index is -0.483. The van der Waals surface area contributed by atoms with E-state index in [1.807, 2.05) is 0 Å². The number of carbonyl (C=O) groups excluding carboxylic acids is 1. The van der Waals surface area contributed by atoms with Gasteiger partial charge in [0.25, 0.3) is 0 Å². The number of nitrogens with zero attached hydrogens (tertiary/aromatic N) is 1. The van der Waals surface area contributed by atoms with E-state index in [4.69, 9.17) is 10.5 Å². The van der Waals surface area contributed by atoms with Gasteiger partial charge in [-0.1, -0.05) is 6.07 Å². The molecule has 5 nitrogen and oxygen atoms in total. The van der Waals surface area contributed by atoms with E-state index in [0.717, 1.165) is 12.8 Å². The third-order valence-electron chi connectivity index (χ3n) is 4.57. The van der Waals surface area contributed by atoms with Gasteiger partial charge in [-0.2, -0.15) is 0 Å². The van der Waals surface area contributed by atoms with Crippen molar-refractivity contribution >= 4 is 11.8 Å². The molecule has 1 aliphatic heterocycles.